The molecular weight excluding hydrogens is 450 g/mol. The van der Waals surface area contributed by atoms with Crippen molar-refractivity contribution in [1.29, 1.82) is 5.26 Å². The van der Waals surface area contributed by atoms with Gasteiger partial charge in [0.25, 0.3) is 0 Å². The number of ketones is 2. The summed E-state index contributed by atoms with van der Waals surface area (Å²) >= 11 is 0. The predicted octanol–water partition coefficient (Wildman–Crippen LogP) is 6.04. The first-order chi connectivity index (χ1) is 16.7. The molecule has 4 fully saturated rings. The van der Waals surface area contributed by atoms with Crippen LogP contribution in [0.2, 0.25) is 0 Å². The molecule has 0 bridgehead atoms. The third kappa shape index (κ3) is 2.59. The number of fused-ring (bicyclic) bond motifs is 8. The Bertz CT molecular complexity index is 1210. The lowest BCUT2D eigenvalue weighted by atomic mass is 9.34. The minimum Gasteiger partial charge on any atom is -0.481 e. The molecule has 5 heteroatoms. The van der Waals surface area contributed by atoms with Gasteiger partial charge < -0.3 is 5.11 Å². The summed E-state index contributed by atoms with van der Waals surface area (Å²) in [5.74, 6) is -0.994. The molecule has 192 valence electrons. The quantitative estimate of drug-likeness (QED) is 0.484. The Kier molecular flexibility index (Phi) is 4.56. The van der Waals surface area contributed by atoms with Crippen LogP contribution in [0.3, 0.4) is 0 Å². The van der Waals surface area contributed by atoms with Gasteiger partial charge in [-0.05, 0) is 91.9 Å². The summed E-state index contributed by atoms with van der Waals surface area (Å²) in [6.07, 6.45) is 10.9. The molecule has 1 spiro atoms. The number of carboxylic acid groups (broad SMARTS) is 1. The van der Waals surface area contributed by atoms with Crippen LogP contribution in [-0.4, -0.2) is 22.6 Å². The maximum absolute atomic E-state index is 14.2. The van der Waals surface area contributed by atoms with Crippen LogP contribution in [0, 0.1) is 61.6 Å². The maximum atomic E-state index is 14.2. The summed E-state index contributed by atoms with van der Waals surface area (Å²) in [6.45, 7) is 11.2. The molecule has 1 N–H and O–H groups in total. The number of allylic oxidation sites excluding steroid dienone is 4. The second-order valence-corrected chi connectivity index (χ2v) is 14.7. The van der Waals surface area contributed by atoms with Gasteiger partial charge in [0.1, 0.15) is 6.07 Å². The Hall–Kier alpha value is -2.22. The molecule has 0 amide bonds. The zero-order valence-electron chi connectivity index (χ0n) is 22.4. The SMILES string of the molecule is CC1(C)CC[C@]2(C(=O)O)CC[C@]3(C)[C@H](C(=O)C=C4[C@@]5(C)C=C(C#N)C(=O)C6(CC6)[C@@H]5CC[C@]43C)[C@@H]2C1. The zero-order valence-corrected chi connectivity index (χ0v) is 22.4. The van der Waals surface area contributed by atoms with Gasteiger partial charge in [0.15, 0.2) is 11.6 Å². The number of carboxylic acids is 1. The summed E-state index contributed by atoms with van der Waals surface area (Å²) < 4.78 is 0. The van der Waals surface area contributed by atoms with Crippen molar-refractivity contribution < 1.29 is 19.5 Å². The van der Waals surface area contributed by atoms with E-state index in [1.165, 1.54) is 0 Å². The van der Waals surface area contributed by atoms with Crippen molar-refractivity contribution in [3.8, 4) is 6.07 Å². The second kappa shape index (κ2) is 6.80. The van der Waals surface area contributed by atoms with E-state index in [0.717, 1.165) is 50.5 Å². The van der Waals surface area contributed by atoms with Gasteiger partial charge in [0.05, 0.1) is 11.0 Å². The first-order valence-electron chi connectivity index (χ1n) is 13.9. The maximum Gasteiger partial charge on any atom is 0.309 e. The first-order valence-corrected chi connectivity index (χ1v) is 13.9. The number of hydrogen-bond acceptors (Lipinski definition) is 4. The van der Waals surface area contributed by atoms with Gasteiger partial charge in [0, 0.05) is 16.7 Å². The number of nitriles is 1. The lowest BCUT2D eigenvalue weighted by Crippen LogP contribution is -2.65. The van der Waals surface area contributed by atoms with Crippen molar-refractivity contribution in [1.82, 2.24) is 0 Å². The number of hydrogen-bond donors (Lipinski definition) is 1. The minimum absolute atomic E-state index is 0.0104. The Morgan fingerprint density at radius 2 is 1.67 bits per heavy atom. The van der Waals surface area contributed by atoms with Crippen molar-refractivity contribution >= 4 is 17.5 Å². The van der Waals surface area contributed by atoms with E-state index in [-0.39, 0.29) is 51.1 Å². The highest BCUT2D eigenvalue weighted by atomic mass is 16.4. The van der Waals surface area contributed by atoms with E-state index >= 15 is 0 Å². The average molecular weight is 490 g/mol. The van der Waals surface area contributed by atoms with Gasteiger partial charge in [-0.15, -0.1) is 0 Å². The van der Waals surface area contributed by atoms with Gasteiger partial charge >= 0.3 is 5.97 Å². The van der Waals surface area contributed by atoms with Crippen LogP contribution < -0.4 is 0 Å². The normalized spacial score (nSPS) is 47.8. The summed E-state index contributed by atoms with van der Waals surface area (Å²) in [5.41, 5.74) is -1.01. The monoisotopic (exact) mass is 489 g/mol. The molecule has 0 aromatic carbocycles. The number of carbonyl (C=O) groups excluding carboxylic acids is 2. The van der Waals surface area contributed by atoms with Crippen LogP contribution in [0.1, 0.15) is 92.4 Å². The summed E-state index contributed by atoms with van der Waals surface area (Å²) in [6, 6.07) is 2.19. The molecule has 6 rings (SSSR count). The van der Waals surface area contributed by atoms with E-state index in [1.807, 2.05) is 12.2 Å². The number of Topliss-reactive ketones (excluding diaryl/α,β-unsaturated/α-hetero) is 1. The fraction of sp³-hybridized carbons (Fsp3) is 0.742. The molecule has 36 heavy (non-hydrogen) atoms. The number of rotatable bonds is 1. The smallest absolute Gasteiger partial charge is 0.309 e. The average Bonchev–Trinajstić information content (AvgIpc) is 3.59. The molecule has 0 aliphatic heterocycles. The van der Waals surface area contributed by atoms with E-state index in [4.69, 9.17) is 0 Å². The van der Waals surface area contributed by atoms with Gasteiger partial charge in [0.2, 0.25) is 0 Å². The fourth-order valence-electron chi connectivity index (χ4n) is 10.4. The third-order valence-corrected chi connectivity index (χ3v) is 12.7. The summed E-state index contributed by atoms with van der Waals surface area (Å²) in [7, 11) is 0. The molecule has 6 aliphatic carbocycles. The van der Waals surface area contributed by atoms with Crippen LogP contribution in [0.5, 0.6) is 0 Å². The highest BCUT2D eigenvalue weighted by molar-refractivity contribution is 6.06. The van der Waals surface area contributed by atoms with Gasteiger partial charge in [-0.2, -0.15) is 5.26 Å². The zero-order chi connectivity index (χ0) is 26.1. The fourth-order valence-corrected chi connectivity index (χ4v) is 10.4. The van der Waals surface area contributed by atoms with E-state index in [9.17, 15) is 24.8 Å². The van der Waals surface area contributed by atoms with E-state index in [1.54, 1.807) is 0 Å². The van der Waals surface area contributed by atoms with E-state index < -0.39 is 22.2 Å². The lowest BCUT2D eigenvalue weighted by molar-refractivity contribution is -0.188. The van der Waals surface area contributed by atoms with Crippen molar-refractivity contribution in [2.45, 2.75) is 92.4 Å². The van der Waals surface area contributed by atoms with E-state index in [2.05, 4.69) is 40.7 Å². The Morgan fingerprint density at radius 3 is 2.28 bits per heavy atom. The van der Waals surface area contributed by atoms with Crippen molar-refractivity contribution in [2.75, 3.05) is 0 Å². The van der Waals surface area contributed by atoms with Crippen molar-refractivity contribution in [3.63, 3.8) is 0 Å². The molecule has 6 aliphatic rings. The Morgan fingerprint density at radius 1 is 1.00 bits per heavy atom. The predicted molar refractivity (Wildman–Crippen MR) is 134 cm³/mol. The molecule has 5 nitrogen and oxygen atoms in total. The second-order valence-electron chi connectivity index (χ2n) is 14.7. The van der Waals surface area contributed by atoms with Crippen LogP contribution in [-0.2, 0) is 14.4 Å². The van der Waals surface area contributed by atoms with Gasteiger partial charge in [-0.3, -0.25) is 14.4 Å². The molecule has 0 aromatic rings. The number of aliphatic carboxylic acids is 1. The van der Waals surface area contributed by atoms with Crippen LogP contribution in [0.15, 0.2) is 23.3 Å². The first kappa shape index (κ1) is 24.1. The highest BCUT2D eigenvalue weighted by Gasteiger charge is 2.73. The standard InChI is InChI=1S/C31H39NO4/c1-26(2)8-10-30(25(35)36)11-9-29(5)23(19(30)16-26)20(33)14-22-27(3)15-18(17-32)24(34)31(12-13-31)21(27)6-7-28(22,29)4/h14-15,19,21,23H,6-13,16H2,1-5H3,(H,35,36)/t19-,21+,23-,27-,28+,29+,30-/m0/s1. The van der Waals surface area contributed by atoms with Gasteiger partial charge in [-0.25, -0.2) is 0 Å². The summed E-state index contributed by atoms with van der Waals surface area (Å²) in [4.78, 5) is 40.3. The molecular formula is C31H39NO4. The highest BCUT2D eigenvalue weighted by Crippen LogP contribution is 2.76. The van der Waals surface area contributed by atoms with Crippen molar-refractivity contribution in [3.05, 3.63) is 23.3 Å². The molecule has 0 saturated heterocycles. The Balaban J connectivity index is 1.53. The van der Waals surface area contributed by atoms with Crippen LogP contribution >= 0.6 is 0 Å². The molecule has 4 saturated carbocycles. The molecule has 0 radical (unpaired) electrons. The lowest BCUT2D eigenvalue weighted by Gasteiger charge is -2.68. The largest absolute Gasteiger partial charge is 0.481 e. The molecule has 0 unspecified atom stereocenters. The number of nitrogens with zero attached hydrogens (tertiary/aromatic N) is 1. The number of carbonyl (C=O) groups is 3. The Labute approximate surface area is 214 Å². The molecule has 0 heterocycles. The summed E-state index contributed by atoms with van der Waals surface area (Å²) in [5, 5.41) is 20.3. The van der Waals surface area contributed by atoms with Crippen LogP contribution in [0.25, 0.3) is 0 Å². The van der Waals surface area contributed by atoms with E-state index in [0.29, 0.717) is 12.8 Å². The third-order valence-electron chi connectivity index (χ3n) is 12.7. The van der Waals surface area contributed by atoms with Crippen LogP contribution in [0.4, 0.5) is 0 Å². The van der Waals surface area contributed by atoms with Crippen molar-refractivity contribution in [2.24, 2.45) is 50.2 Å². The van der Waals surface area contributed by atoms with Gasteiger partial charge in [-0.1, -0.05) is 46.3 Å². The topological polar surface area (TPSA) is 95.2 Å². The molecule has 0 aromatic heterocycles. The molecule has 7 atom stereocenters. The minimum atomic E-state index is -0.818.